The van der Waals surface area contributed by atoms with E-state index in [-0.39, 0.29) is 5.91 Å². The Morgan fingerprint density at radius 2 is 2.24 bits per heavy atom. The lowest BCUT2D eigenvalue weighted by Crippen LogP contribution is -2.25. The van der Waals surface area contributed by atoms with Gasteiger partial charge in [0.15, 0.2) is 0 Å². The third-order valence-electron chi connectivity index (χ3n) is 2.33. The molecule has 94 valence electrons. The van der Waals surface area contributed by atoms with Gasteiger partial charge in [-0.25, -0.2) is 0 Å². The zero-order chi connectivity index (χ0) is 12.5. The molecule has 1 amide bonds. The summed E-state index contributed by atoms with van der Waals surface area (Å²) in [6, 6.07) is 4.14. The van der Waals surface area contributed by atoms with E-state index >= 15 is 0 Å². The molecule has 0 spiro atoms. The fraction of sp³-hybridized carbons (Fsp3) is 0.500. The highest BCUT2D eigenvalue weighted by atomic mass is 32.1. The van der Waals surface area contributed by atoms with Crippen LogP contribution < -0.4 is 11.1 Å². The van der Waals surface area contributed by atoms with Crippen molar-refractivity contribution in [3.8, 4) is 0 Å². The number of thiocarbonyl (C=S) groups is 1. The first kappa shape index (κ1) is 14.1. The fourth-order valence-electron chi connectivity index (χ4n) is 1.46. The summed E-state index contributed by atoms with van der Waals surface area (Å²) in [5, 5.41) is 4.93. The minimum Gasteiger partial charge on any atom is -0.393 e. The molecule has 0 aliphatic heterocycles. The summed E-state index contributed by atoms with van der Waals surface area (Å²) in [4.78, 5) is 13.3. The Bertz CT molecular complexity index is 349. The zero-order valence-corrected chi connectivity index (χ0v) is 11.4. The number of amides is 1. The SMILES string of the molecule is NC(=S)CCCNC(=O)CCCc1cccs1. The lowest BCUT2D eigenvalue weighted by molar-refractivity contribution is -0.121. The van der Waals surface area contributed by atoms with Crippen molar-refractivity contribution in [1.82, 2.24) is 5.32 Å². The summed E-state index contributed by atoms with van der Waals surface area (Å²) < 4.78 is 0. The van der Waals surface area contributed by atoms with E-state index in [1.807, 2.05) is 6.07 Å². The Morgan fingerprint density at radius 1 is 1.41 bits per heavy atom. The van der Waals surface area contributed by atoms with Gasteiger partial charge in [-0.05, 0) is 37.1 Å². The number of nitrogens with two attached hydrogens (primary N) is 1. The van der Waals surface area contributed by atoms with Crippen molar-refractivity contribution in [2.24, 2.45) is 5.73 Å². The summed E-state index contributed by atoms with van der Waals surface area (Å²) in [5.74, 6) is 0.115. The molecule has 0 unspecified atom stereocenters. The molecule has 0 saturated carbocycles. The second kappa shape index (κ2) is 8.20. The first-order chi connectivity index (χ1) is 8.18. The summed E-state index contributed by atoms with van der Waals surface area (Å²) in [7, 11) is 0. The van der Waals surface area contributed by atoms with E-state index in [0.29, 0.717) is 24.4 Å². The fourth-order valence-corrected chi connectivity index (χ4v) is 2.35. The predicted molar refractivity (Wildman–Crippen MR) is 76.3 cm³/mol. The standard InChI is InChI=1S/C12H18N2OS2/c13-11(16)6-2-8-14-12(15)7-1-4-10-5-3-9-17-10/h3,5,9H,1-2,4,6-8H2,(H2,13,16)(H,14,15). The monoisotopic (exact) mass is 270 g/mol. The van der Waals surface area contributed by atoms with E-state index in [1.54, 1.807) is 11.3 Å². The van der Waals surface area contributed by atoms with Crippen LogP contribution in [0.4, 0.5) is 0 Å². The number of thiophene rings is 1. The summed E-state index contributed by atoms with van der Waals surface area (Å²) in [6.45, 7) is 0.662. The molecule has 0 aromatic carbocycles. The summed E-state index contributed by atoms with van der Waals surface area (Å²) in [5.41, 5.74) is 5.36. The molecule has 3 N–H and O–H groups in total. The van der Waals surface area contributed by atoms with Gasteiger partial charge in [-0.15, -0.1) is 11.3 Å². The van der Waals surface area contributed by atoms with Gasteiger partial charge >= 0.3 is 0 Å². The Balaban J connectivity index is 1.99. The zero-order valence-electron chi connectivity index (χ0n) is 9.78. The molecule has 0 atom stereocenters. The van der Waals surface area contributed by atoms with Gasteiger partial charge in [-0.2, -0.15) is 0 Å². The van der Waals surface area contributed by atoms with Crippen molar-refractivity contribution >= 4 is 34.5 Å². The van der Waals surface area contributed by atoms with Crippen LogP contribution in [0, 0.1) is 0 Å². The van der Waals surface area contributed by atoms with Crippen LogP contribution in [0.5, 0.6) is 0 Å². The smallest absolute Gasteiger partial charge is 0.220 e. The Morgan fingerprint density at radius 3 is 2.88 bits per heavy atom. The maximum Gasteiger partial charge on any atom is 0.220 e. The molecule has 0 aliphatic carbocycles. The number of rotatable bonds is 8. The highest BCUT2D eigenvalue weighted by Crippen LogP contribution is 2.11. The van der Waals surface area contributed by atoms with Gasteiger partial charge in [0.1, 0.15) is 0 Å². The molecule has 1 aromatic rings. The van der Waals surface area contributed by atoms with Crippen LogP contribution in [0.1, 0.15) is 30.6 Å². The van der Waals surface area contributed by atoms with E-state index in [0.717, 1.165) is 19.3 Å². The Labute approximate surface area is 111 Å². The molecule has 0 bridgehead atoms. The maximum atomic E-state index is 11.4. The molecule has 17 heavy (non-hydrogen) atoms. The molecule has 0 aliphatic rings. The van der Waals surface area contributed by atoms with Crippen LogP contribution in [0.25, 0.3) is 0 Å². The van der Waals surface area contributed by atoms with Gasteiger partial charge in [0, 0.05) is 17.8 Å². The van der Waals surface area contributed by atoms with Crippen molar-refractivity contribution in [1.29, 1.82) is 0 Å². The average molecular weight is 270 g/mol. The Kier molecular flexibility index (Phi) is 6.81. The van der Waals surface area contributed by atoms with Crippen LogP contribution in [-0.2, 0) is 11.2 Å². The molecule has 0 saturated heterocycles. The summed E-state index contributed by atoms with van der Waals surface area (Å²) in [6.07, 6.45) is 4.00. The lowest BCUT2D eigenvalue weighted by atomic mass is 10.2. The topological polar surface area (TPSA) is 55.1 Å². The molecular formula is C12H18N2OS2. The molecule has 5 heteroatoms. The van der Waals surface area contributed by atoms with E-state index in [1.165, 1.54) is 4.88 Å². The van der Waals surface area contributed by atoms with E-state index < -0.39 is 0 Å². The number of aryl methyl sites for hydroxylation is 1. The average Bonchev–Trinajstić information content (AvgIpc) is 2.77. The van der Waals surface area contributed by atoms with Gasteiger partial charge < -0.3 is 11.1 Å². The van der Waals surface area contributed by atoms with Crippen LogP contribution in [0.2, 0.25) is 0 Å². The van der Waals surface area contributed by atoms with Crippen molar-refractivity contribution in [3.63, 3.8) is 0 Å². The normalized spacial score (nSPS) is 10.1. The van der Waals surface area contributed by atoms with Crippen molar-refractivity contribution in [2.45, 2.75) is 32.1 Å². The van der Waals surface area contributed by atoms with Gasteiger partial charge in [-0.3, -0.25) is 4.79 Å². The van der Waals surface area contributed by atoms with Crippen molar-refractivity contribution in [3.05, 3.63) is 22.4 Å². The third-order valence-corrected chi connectivity index (χ3v) is 3.47. The second-order valence-corrected chi connectivity index (χ2v) is 5.41. The Hall–Kier alpha value is -0.940. The minimum atomic E-state index is 0.115. The molecule has 1 aromatic heterocycles. The van der Waals surface area contributed by atoms with Crippen LogP contribution in [-0.4, -0.2) is 17.4 Å². The molecule has 1 heterocycles. The van der Waals surface area contributed by atoms with Crippen LogP contribution in [0.15, 0.2) is 17.5 Å². The highest BCUT2D eigenvalue weighted by Gasteiger charge is 2.01. The van der Waals surface area contributed by atoms with Gasteiger partial charge in [-0.1, -0.05) is 18.3 Å². The number of carbonyl (C=O) groups excluding carboxylic acids is 1. The van der Waals surface area contributed by atoms with Crippen molar-refractivity contribution < 1.29 is 4.79 Å². The third kappa shape index (κ3) is 7.07. The van der Waals surface area contributed by atoms with Crippen LogP contribution in [0.3, 0.4) is 0 Å². The summed E-state index contributed by atoms with van der Waals surface area (Å²) >= 11 is 6.50. The predicted octanol–water partition coefficient (Wildman–Crippen LogP) is 2.25. The number of carbonyl (C=O) groups is 1. The maximum absolute atomic E-state index is 11.4. The molecule has 0 radical (unpaired) electrons. The minimum absolute atomic E-state index is 0.115. The number of hydrogen-bond acceptors (Lipinski definition) is 3. The van der Waals surface area contributed by atoms with E-state index in [4.69, 9.17) is 18.0 Å². The number of nitrogens with one attached hydrogen (secondary N) is 1. The molecule has 1 rings (SSSR count). The van der Waals surface area contributed by atoms with Crippen molar-refractivity contribution in [2.75, 3.05) is 6.54 Å². The molecule has 0 fully saturated rings. The van der Waals surface area contributed by atoms with Gasteiger partial charge in [0.05, 0.1) is 4.99 Å². The molecular weight excluding hydrogens is 252 g/mol. The van der Waals surface area contributed by atoms with Crippen LogP contribution >= 0.6 is 23.6 Å². The number of hydrogen-bond donors (Lipinski definition) is 2. The highest BCUT2D eigenvalue weighted by molar-refractivity contribution is 7.80. The lowest BCUT2D eigenvalue weighted by Gasteiger charge is -2.04. The largest absolute Gasteiger partial charge is 0.393 e. The van der Waals surface area contributed by atoms with E-state index in [2.05, 4.69) is 16.8 Å². The first-order valence-corrected chi connectivity index (χ1v) is 7.04. The first-order valence-electron chi connectivity index (χ1n) is 5.76. The second-order valence-electron chi connectivity index (χ2n) is 3.85. The van der Waals surface area contributed by atoms with Gasteiger partial charge in [0.2, 0.25) is 5.91 Å². The molecule has 3 nitrogen and oxygen atoms in total. The van der Waals surface area contributed by atoms with E-state index in [9.17, 15) is 4.79 Å². The van der Waals surface area contributed by atoms with Gasteiger partial charge in [0.25, 0.3) is 0 Å². The quantitative estimate of drug-likeness (QED) is 0.563.